The van der Waals surface area contributed by atoms with Gasteiger partial charge in [0.2, 0.25) is 0 Å². The minimum Gasteiger partial charge on any atom is -0.451 e. The summed E-state index contributed by atoms with van der Waals surface area (Å²) in [5.74, 6) is -1.34. The molecule has 0 aliphatic carbocycles. The number of thiophene rings is 1. The molecule has 0 spiro atoms. The Labute approximate surface area is 188 Å². The molecule has 0 saturated heterocycles. The molecule has 1 aromatic heterocycles. The van der Waals surface area contributed by atoms with Crippen molar-refractivity contribution in [2.24, 2.45) is 0 Å². The molecular formula is C23H22FNO4S2. The van der Waals surface area contributed by atoms with Crippen LogP contribution >= 0.6 is 23.1 Å². The van der Waals surface area contributed by atoms with Crippen LogP contribution in [-0.2, 0) is 20.9 Å². The van der Waals surface area contributed by atoms with E-state index in [0.29, 0.717) is 27.4 Å². The Balaban J connectivity index is 1.54. The van der Waals surface area contributed by atoms with Gasteiger partial charge in [-0.1, -0.05) is 25.1 Å². The highest BCUT2D eigenvalue weighted by atomic mass is 32.2. The van der Waals surface area contributed by atoms with E-state index in [1.54, 1.807) is 28.8 Å². The van der Waals surface area contributed by atoms with Crippen LogP contribution in [0.3, 0.4) is 0 Å². The minimum absolute atomic E-state index is 0.0773. The van der Waals surface area contributed by atoms with Crippen LogP contribution in [0.15, 0.2) is 47.4 Å². The number of hydrogen-bond donors (Lipinski definition) is 0. The van der Waals surface area contributed by atoms with Gasteiger partial charge < -0.3 is 14.4 Å². The topological polar surface area (TPSA) is 55.8 Å². The normalized spacial score (nSPS) is 16.1. The molecule has 5 nitrogen and oxygen atoms in total. The van der Waals surface area contributed by atoms with E-state index in [9.17, 15) is 14.0 Å². The van der Waals surface area contributed by atoms with Gasteiger partial charge in [-0.25, -0.2) is 9.18 Å². The highest BCUT2D eigenvalue weighted by Gasteiger charge is 2.26. The number of para-hydroxylation sites is 1. The number of nitrogens with zero attached hydrogens (tertiary/aromatic N) is 1. The summed E-state index contributed by atoms with van der Waals surface area (Å²) in [5, 5.41) is 0.742. The standard InChI is InChI=1S/C23H22FNO4S2/c1-14-10-11-25(17-7-3-4-8-18(17)30-14)20(26)13-29-23(27)22-15(12-28-2)21-16(24)6-5-9-19(21)31-22/h3-9,14H,10-13H2,1-2H3. The summed E-state index contributed by atoms with van der Waals surface area (Å²) >= 11 is 2.88. The first kappa shape index (κ1) is 21.8. The van der Waals surface area contributed by atoms with Crippen LogP contribution < -0.4 is 4.90 Å². The third kappa shape index (κ3) is 4.46. The van der Waals surface area contributed by atoms with Crippen molar-refractivity contribution in [1.29, 1.82) is 0 Å². The molecule has 0 fully saturated rings. The lowest BCUT2D eigenvalue weighted by Crippen LogP contribution is -2.35. The summed E-state index contributed by atoms with van der Waals surface area (Å²) in [6.45, 7) is 2.39. The van der Waals surface area contributed by atoms with Gasteiger partial charge in [0, 0.05) is 39.4 Å². The number of carbonyl (C=O) groups is 2. The lowest BCUT2D eigenvalue weighted by molar-refractivity contribution is -0.121. The Kier molecular flexibility index (Phi) is 6.60. The van der Waals surface area contributed by atoms with Crippen LogP contribution in [0.25, 0.3) is 10.1 Å². The molecule has 3 aromatic rings. The number of carbonyl (C=O) groups excluding carboxylic acids is 2. The number of hydrogen-bond acceptors (Lipinski definition) is 6. The second-order valence-electron chi connectivity index (χ2n) is 7.26. The number of rotatable bonds is 5. The molecule has 31 heavy (non-hydrogen) atoms. The molecule has 1 aliphatic heterocycles. The average Bonchev–Trinajstić information content (AvgIpc) is 3.04. The molecule has 8 heteroatoms. The van der Waals surface area contributed by atoms with E-state index < -0.39 is 11.8 Å². The van der Waals surface area contributed by atoms with E-state index in [0.717, 1.165) is 28.3 Å². The molecule has 1 amide bonds. The second kappa shape index (κ2) is 9.38. The van der Waals surface area contributed by atoms with Gasteiger partial charge >= 0.3 is 5.97 Å². The molecular weight excluding hydrogens is 437 g/mol. The largest absolute Gasteiger partial charge is 0.451 e. The SMILES string of the molecule is COCc1c(C(=O)OCC(=O)N2CCC(C)Sc3ccccc32)sc2cccc(F)c12. The van der Waals surface area contributed by atoms with E-state index in [1.165, 1.54) is 13.2 Å². The van der Waals surface area contributed by atoms with Gasteiger partial charge in [0.1, 0.15) is 10.7 Å². The zero-order valence-corrected chi connectivity index (χ0v) is 18.9. The number of methoxy groups -OCH3 is 1. The fourth-order valence-corrected chi connectivity index (χ4v) is 5.86. The summed E-state index contributed by atoms with van der Waals surface area (Å²) in [4.78, 5) is 28.7. The van der Waals surface area contributed by atoms with Crippen LogP contribution in [0.4, 0.5) is 10.1 Å². The molecule has 1 unspecified atom stereocenters. The fraction of sp³-hybridized carbons (Fsp3) is 0.304. The third-order valence-electron chi connectivity index (χ3n) is 5.11. The van der Waals surface area contributed by atoms with Crippen LogP contribution in [0.1, 0.15) is 28.6 Å². The monoisotopic (exact) mass is 459 g/mol. The minimum atomic E-state index is -0.646. The lowest BCUT2D eigenvalue weighted by atomic mass is 10.1. The van der Waals surface area contributed by atoms with E-state index in [-0.39, 0.29) is 24.0 Å². The Morgan fingerprint density at radius 2 is 2.00 bits per heavy atom. The predicted molar refractivity (Wildman–Crippen MR) is 122 cm³/mol. The molecule has 0 N–H and O–H groups in total. The van der Waals surface area contributed by atoms with Gasteiger partial charge in [0.05, 0.1) is 12.3 Å². The molecule has 0 radical (unpaired) electrons. The molecule has 1 atom stereocenters. The van der Waals surface area contributed by atoms with Crippen molar-refractivity contribution in [2.75, 3.05) is 25.2 Å². The molecule has 1 aliphatic rings. The Morgan fingerprint density at radius 1 is 1.19 bits per heavy atom. The van der Waals surface area contributed by atoms with Gasteiger partial charge in [-0.3, -0.25) is 4.79 Å². The Hall–Kier alpha value is -2.42. The van der Waals surface area contributed by atoms with Crippen molar-refractivity contribution in [2.45, 2.75) is 30.1 Å². The van der Waals surface area contributed by atoms with Gasteiger partial charge in [-0.2, -0.15) is 0 Å². The van der Waals surface area contributed by atoms with E-state index in [2.05, 4.69) is 6.92 Å². The quantitative estimate of drug-likeness (QED) is 0.487. The van der Waals surface area contributed by atoms with E-state index in [1.807, 2.05) is 24.3 Å². The van der Waals surface area contributed by atoms with Crippen LogP contribution in [0, 0.1) is 5.82 Å². The smallest absolute Gasteiger partial charge is 0.349 e. The molecule has 2 heterocycles. The van der Waals surface area contributed by atoms with Crippen molar-refractivity contribution in [3.8, 4) is 0 Å². The summed E-state index contributed by atoms with van der Waals surface area (Å²) in [6, 6.07) is 12.4. The number of halogens is 1. The van der Waals surface area contributed by atoms with Crippen LogP contribution in [0.2, 0.25) is 0 Å². The number of benzene rings is 2. The number of thioether (sulfide) groups is 1. The first-order valence-electron chi connectivity index (χ1n) is 9.91. The van der Waals surface area contributed by atoms with Gasteiger partial charge in [0.25, 0.3) is 5.91 Å². The van der Waals surface area contributed by atoms with Gasteiger partial charge in [0.15, 0.2) is 6.61 Å². The molecule has 2 aromatic carbocycles. The molecule has 162 valence electrons. The second-order valence-corrected chi connectivity index (χ2v) is 9.79. The first-order chi connectivity index (χ1) is 15.0. The number of amides is 1. The van der Waals surface area contributed by atoms with Crippen molar-refractivity contribution in [3.63, 3.8) is 0 Å². The summed E-state index contributed by atoms with van der Waals surface area (Å²) in [6.07, 6.45) is 0.840. The van der Waals surface area contributed by atoms with Crippen molar-refractivity contribution < 1.29 is 23.5 Å². The summed E-state index contributed by atoms with van der Waals surface area (Å²) < 4.78 is 25.5. The van der Waals surface area contributed by atoms with Gasteiger partial charge in [-0.15, -0.1) is 23.1 Å². The van der Waals surface area contributed by atoms with E-state index >= 15 is 0 Å². The van der Waals surface area contributed by atoms with Gasteiger partial charge in [-0.05, 0) is 30.7 Å². The average molecular weight is 460 g/mol. The lowest BCUT2D eigenvalue weighted by Gasteiger charge is -2.22. The maximum absolute atomic E-state index is 14.4. The molecule has 0 bridgehead atoms. The zero-order valence-electron chi connectivity index (χ0n) is 17.2. The Bertz CT molecular complexity index is 1130. The first-order valence-corrected chi connectivity index (χ1v) is 11.6. The van der Waals surface area contributed by atoms with Crippen molar-refractivity contribution in [1.82, 2.24) is 0 Å². The number of fused-ring (bicyclic) bond motifs is 2. The summed E-state index contributed by atoms with van der Waals surface area (Å²) in [7, 11) is 1.48. The maximum atomic E-state index is 14.4. The number of anilines is 1. The maximum Gasteiger partial charge on any atom is 0.349 e. The third-order valence-corrected chi connectivity index (χ3v) is 7.52. The highest BCUT2D eigenvalue weighted by Crippen LogP contribution is 2.37. The highest BCUT2D eigenvalue weighted by molar-refractivity contribution is 8.00. The molecule has 0 saturated carbocycles. The molecule has 4 rings (SSSR count). The number of ether oxygens (including phenoxy) is 2. The Morgan fingerprint density at radius 3 is 2.81 bits per heavy atom. The van der Waals surface area contributed by atoms with Crippen LogP contribution in [0.5, 0.6) is 0 Å². The fourth-order valence-electron chi connectivity index (χ4n) is 3.63. The van der Waals surface area contributed by atoms with Crippen LogP contribution in [-0.4, -0.2) is 37.4 Å². The van der Waals surface area contributed by atoms with Crippen molar-refractivity contribution >= 4 is 50.7 Å². The number of esters is 1. The summed E-state index contributed by atoms with van der Waals surface area (Å²) in [5.41, 5.74) is 1.28. The predicted octanol–water partition coefficient (Wildman–Crippen LogP) is 5.26. The van der Waals surface area contributed by atoms with E-state index in [4.69, 9.17) is 9.47 Å². The zero-order chi connectivity index (χ0) is 22.0. The van der Waals surface area contributed by atoms with Crippen molar-refractivity contribution in [3.05, 3.63) is 58.7 Å².